The number of hydrogen-bond acceptors (Lipinski definition) is 8. The second-order valence-electron chi connectivity index (χ2n) is 9.50. The Morgan fingerprint density at radius 3 is 2.03 bits per heavy atom. The van der Waals surface area contributed by atoms with Crippen molar-refractivity contribution in [3.05, 3.63) is 12.2 Å². The highest BCUT2D eigenvalue weighted by molar-refractivity contribution is 5.78. The highest BCUT2D eigenvalue weighted by atomic mass is 17.2. The van der Waals surface area contributed by atoms with Crippen molar-refractivity contribution in [2.24, 2.45) is 17.3 Å². The smallest absolute Gasteiger partial charge is 0.248 e. The Balaban J connectivity index is 2.46. The summed E-state index contributed by atoms with van der Waals surface area (Å²) in [6.07, 6.45) is 16.3. The van der Waals surface area contributed by atoms with Gasteiger partial charge in [0.25, 0.3) is 0 Å². The Bertz CT molecular complexity index is 686. The fourth-order valence-corrected chi connectivity index (χ4v) is 4.45. The zero-order chi connectivity index (χ0) is 25.4. The van der Waals surface area contributed by atoms with Crippen molar-refractivity contribution in [2.45, 2.75) is 111 Å². The molecule has 1 rings (SSSR count). The van der Waals surface area contributed by atoms with Crippen LogP contribution in [0.4, 0.5) is 0 Å². The third kappa shape index (κ3) is 11.7. The number of unbranched alkanes of at least 4 members (excludes halogenated alkanes) is 7. The van der Waals surface area contributed by atoms with Gasteiger partial charge < -0.3 is 0 Å². The van der Waals surface area contributed by atoms with Crippen LogP contribution < -0.4 is 0 Å². The van der Waals surface area contributed by atoms with E-state index in [0.29, 0.717) is 12.8 Å². The SMILES string of the molecule is CCCCCCC1C=CC(CCCCCCCC(=O)OOC(C)=O)CC1(C)C(=O)OOC(C)=O. The van der Waals surface area contributed by atoms with Gasteiger partial charge in [-0.15, -0.1) is 0 Å². The van der Waals surface area contributed by atoms with Gasteiger partial charge in [0.2, 0.25) is 0 Å². The predicted octanol–water partition coefficient (Wildman–Crippen LogP) is 5.93. The molecule has 0 radical (unpaired) electrons. The Labute approximate surface area is 203 Å². The van der Waals surface area contributed by atoms with E-state index in [1.165, 1.54) is 20.3 Å². The molecule has 0 spiro atoms. The molecule has 1 aliphatic rings. The third-order valence-corrected chi connectivity index (χ3v) is 6.40. The molecule has 0 heterocycles. The summed E-state index contributed by atoms with van der Waals surface area (Å²) in [7, 11) is 0. The normalized spacial score (nSPS) is 21.5. The molecule has 0 saturated carbocycles. The first-order valence-electron chi connectivity index (χ1n) is 12.6. The van der Waals surface area contributed by atoms with Crippen LogP contribution in [0, 0.1) is 17.3 Å². The predicted molar refractivity (Wildman–Crippen MR) is 126 cm³/mol. The van der Waals surface area contributed by atoms with Gasteiger partial charge in [-0.3, -0.25) is 0 Å². The fraction of sp³-hybridized carbons (Fsp3) is 0.769. The van der Waals surface area contributed by atoms with Crippen molar-refractivity contribution in [2.75, 3.05) is 0 Å². The summed E-state index contributed by atoms with van der Waals surface area (Å²) in [5, 5.41) is 0. The number of carbonyl (C=O) groups is 4. The van der Waals surface area contributed by atoms with Crippen molar-refractivity contribution in [1.82, 2.24) is 0 Å². The Morgan fingerprint density at radius 2 is 1.35 bits per heavy atom. The first kappa shape index (κ1) is 29.7. The molecule has 8 heteroatoms. The van der Waals surface area contributed by atoms with Crippen LogP contribution in [0.3, 0.4) is 0 Å². The van der Waals surface area contributed by atoms with E-state index in [2.05, 4.69) is 33.7 Å². The van der Waals surface area contributed by atoms with Gasteiger partial charge in [0.15, 0.2) is 0 Å². The van der Waals surface area contributed by atoms with Gasteiger partial charge in [-0.1, -0.05) is 70.4 Å². The van der Waals surface area contributed by atoms with E-state index in [9.17, 15) is 19.2 Å². The van der Waals surface area contributed by atoms with Gasteiger partial charge in [0, 0.05) is 13.8 Å². The van der Waals surface area contributed by atoms with Crippen molar-refractivity contribution >= 4 is 23.9 Å². The molecule has 0 bridgehead atoms. The van der Waals surface area contributed by atoms with Crippen LogP contribution in [0.25, 0.3) is 0 Å². The lowest BCUT2D eigenvalue weighted by atomic mass is 9.65. The van der Waals surface area contributed by atoms with Crippen LogP contribution in [-0.2, 0) is 38.7 Å². The summed E-state index contributed by atoms with van der Waals surface area (Å²) in [5.41, 5.74) is -0.719. The van der Waals surface area contributed by atoms with Crippen LogP contribution in [0.5, 0.6) is 0 Å². The number of carbonyl (C=O) groups excluding carboxylic acids is 4. The van der Waals surface area contributed by atoms with E-state index in [0.717, 1.165) is 57.8 Å². The fourth-order valence-electron chi connectivity index (χ4n) is 4.45. The summed E-state index contributed by atoms with van der Waals surface area (Å²) in [6, 6.07) is 0. The first-order chi connectivity index (χ1) is 16.2. The van der Waals surface area contributed by atoms with E-state index < -0.39 is 29.3 Å². The van der Waals surface area contributed by atoms with Gasteiger partial charge >= 0.3 is 23.9 Å². The summed E-state index contributed by atoms with van der Waals surface area (Å²) < 4.78 is 0. The number of hydrogen-bond donors (Lipinski definition) is 0. The second-order valence-corrected chi connectivity index (χ2v) is 9.50. The van der Waals surface area contributed by atoms with Gasteiger partial charge in [0.1, 0.15) is 0 Å². The summed E-state index contributed by atoms with van der Waals surface area (Å²) in [4.78, 5) is 64.0. The zero-order valence-corrected chi connectivity index (χ0v) is 21.3. The van der Waals surface area contributed by atoms with Gasteiger partial charge in [-0.05, 0) is 44.4 Å². The van der Waals surface area contributed by atoms with Gasteiger partial charge in [-0.2, -0.15) is 0 Å². The van der Waals surface area contributed by atoms with Crippen LogP contribution in [0.2, 0.25) is 0 Å². The highest BCUT2D eigenvalue weighted by Crippen LogP contribution is 2.44. The maximum absolute atomic E-state index is 12.9. The molecule has 0 amide bonds. The van der Waals surface area contributed by atoms with E-state index >= 15 is 0 Å². The largest absolute Gasteiger partial charge is 0.361 e. The second kappa shape index (κ2) is 16.3. The average Bonchev–Trinajstić information content (AvgIpc) is 2.79. The standard InChI is InChI=1S/C26H42O8/c1-5-6-7-12-15-23-18-17-22(19-26(23,4)25(30)34-32-21(3)28)14-11-9-8-10-13-16-24(29)33-31-20(2)27/h17-18,22-23H,5-16,19H2,1-4H3. The van der Waals surface area contributed by atoms with Crippen LogP contribution in [0.1, 0.15) is 111 Å². The van der Waals surface area contributed by atoms with E-state index in [-0.39, 0.29) is 18.3 Å². The molecule has 0 aromatic heterocycles. The topological polar surface area (TPSA) is 105 Å². The molecular formula is C26H42O8. The molecule has 0 aromatic rings. The molecule has 0 fully saturated rings. The molecule has 194 valence electrons. The summed E-state index contributed by atoms with van der Waals surface area (Å²) in [5.74, 6) is -1.97. The Kier molecular flexibility index (Phi) is 14.2. The van der Waals surface area contributed by atoms with Gasteiger partial charge in [-0.25, -0.2) is 38.7 Å². The van der Waals surface area contributed by atoms with Gasteiger partial charge in [0.05, 0.1) is 11.8 Å². The van der Waals surface area contributed by atoms with Crippen molar-refractivity contribution < 1.29 is 38.7 Å². The molecule has 1 aliphatic carbocycles. The van der Waals surface area contributed by atoms with E-state index in [4.69, 9.17) is 4.89 Å². The minimum Gasteiger partial charge on any atom is -0.248 e. The van der Waals surface area contributed by atoms with Crippen molar-refractivity contribution in [3.8, 4) is 0 Å². The maximum atomic E-state index is 12.9. The molecule has 0 saturated heterocycles. The minimum absolute atomic E-state index is 0.0652. The van der Waals surface area contributed by atoms with Crippen molar-refractivity contribution in [1.29, 1.82) is 0 Å². The Hall–Kier alpha value is -2.38. The molecular weight excluding hydrogens is 440 g/mol. The average molecular weight is 483 g/mol. The summed E-state index contributed by atoms with van der Waals surface area (Å²) >= 11 is 0. The maximum Gasteiger partial charge on any atom is 0.361 e. The number of rotatable bonds is 14. The molecule has 3 atom stereocenters. The molecule has 0 N–H and O–H groups in total. The van der Waals surface area contributed by atoms with Crippen LogP contribution in [0.15, 0.2) is 12.2 Å². The monoisotopic (exact) mass is 482 g/mol. The molecule has 34 heavy (non-hydrogen) atoms. The zero-order valence-electron chi connectivity index (χ0n) is 21.3. The van der Waals surface area contributed by atoms with Crippen LogP contribution in [-0.4, -0.2) is 23.9 Å². The van der Waals surface area contributed by atoms with Crippen molar-refractivity contribution in [3.63, 3.8) is 0 Å². The lowest BCUT2D eigenvalue weighted by molar-refractivity contribution is -0.266. The van der Waals surface area contributed by atoms with Crippen LogP contribution >= 0.6 is 0 Å². The van der Waals surface area contributed by atoms with E-state index in [1.807, 2.05) is 6.92 Å². The highest BCUT2D eigenvalue weighted by Gasteiger charge is 2.45. The minimum atomic E-state index is -0.719. The quantitative estimate of drug-likeness (QED) is 0.130. The Morgan fingerprint density at radius 1 is 0.765 bits per heavy atom. The molecule has 0 aromatic carbocycles. The molecule has 3 unspecified atom stereocenters. The lowest BCUT2D eigenvalue weighted by Crippen LogP contribution is -2.40. The summed E-state index contributed by atoms with van der Waals surface area (Å²) in [6.45, 7) is 6.48. The number of allylic oxidation sites excluding steroid dienone is 2. The molecule has 8 nitrogen and oxygen atoms in total. The third-order valence-electron chi connectivity index (χ3n) is 6.40. The molecule has 0 aliphatic heterocycles. The van der Waals surface area contributed by atoms with E-state index in [1.54, 1.807) is 0 Å². The first-order valence-corrected chi connectivity index (χ1v) is 12.6. The lowest BCUT2D eigenvalue weighted by Gasteiger charge is -2.38.